The summed E-state index contributed by atoms with van der Waals surface area (Å²) in [6.07, 6.45) is 6.53. The van der Waals surface area contributed by atoms with Crippen molar-refractivity contribution in [3.05, 3.63) is 54.7 Å². The summed E-state index contributed by atoms with van der Waals surface area (Å²) in [4.78, 5) is 34.3. The lowest BCUT2D eigenvalue weighted by Gasteiger charge is -2.36. The predicted octanol–water partition coefficient (Wildman–Crippen LogP) is 1.50. The molecule has 11 heteroatoms. The van der Waals surface area contributed by atoms with Crippen LogP contribution in [0.5, 0.6) is 5.88 Å². The molecule has 0 unspecified atom stereocenters. The van der Waals surface area contributed by atoms with Gasteiger partial charge < -0.3 is 24.4 Å². The molecule has 1 fully saturated rings. The second-order valence-electron chi connectivity index (χ2n) is 7.07. The highest BCUT2D eigenvalue weighted by atomic mass is 16.5. The van der Waals surface area contributed by atoms with Gasteiger partial charge in [0.2, 0.25) is 5.88 Å². The molecular formula is C21H23BN7O3. The Morgan fingerprint density at radius 2 is 1.88 bits per heavy atom. The Bertz CT molecular complexity index is 1060. The van der Waals surface area contributed by atoms with E-state index in [0.717, 1.165) is 31.9 Å². The van der Waals surface area contributed by atoms with E-state index in [1.54, 1.807) is 64.8 Å². The molecule has 0 aromatic carbocycles. The maximum absolute atomic E-state index is 13.0. The molecule has 0 spiro atoms. The Labute approximate surface area is 186 Å². The van der Waals surface area contributed by atoms with Crippen LogP contribution in [0, 0.1) is 0 Å². The van der Waals surface area contributed by atoms with Crippen LogP contribution in [-0.2, 0) is 4.65 Å². The lowest BCUT2D eigenvalue weighted by atomic mass is 10.1. The number of carbonyl (C=O) groups is 1. The molecule has 10 nitrogen and oxygen atoms in total. The second kappa shape index (κ2) is 10.2. The van der Waals surface area contributed by atoms with Gasteiger partial charge in [-0.2, -0.15) is 0 Å². The summed E-state index contributed by atoms with van der Waals surface area (Å²) in [5.74, 6) is 0.563. The highest BCUT2D eigenvalue weighted by molar-refractivity contribution is 6.23. The minimum atomic E-state index is -0.337. The van der Waals surface area contributed by atoms with Crippen molar-refractivity contribution in [3.63, 3.8) is 0 Å². The number of hydrogen-bond donors (Lipinski definition) is 1. The SMILES string of the molecule is CO[B]N1CCN(c2ccncc2NC(=O)c2ccnc(-c3ccc(OC)nc3)n2)CC1. The van der Waals surface area contributed by atoms with Gasteiger partial charge in [0.25, 0.3) is 5.91 Å². The lowest BCUT2D eigenvalue weighted by Crippen LogP contribution is -2.48. The summed E-state index contributed by atoms with van der Waals surface area (Å²) >= 11 is 0. The number of nitrogens with zero attached hydrogens (tertiary/aromatic N) is 6. The van der Waals surface area contributed by atoms with Gasteiger partial charge in [0.15, 0.2) is 5.82 Å². The average molecular weight is 432 g/mol. The Morgan fingerprint density at radius 1 is 1.03 bits per heavy atom. The molecule has 1 saturated heterocycles. The molecule has 1 aliphatic rings. The molecule has 4 rings (SSSR count). The van der Waals surface area contributed by atoms with E-state index >= 15 is 0 Å². The first-order chi connectivity index (χ1) is 15.7. The van der Waals surface area contributed by atoms with Crippen molar-refractivity contribution >= 4 is 24.9 Å². The number of carbonyl (C=O) groups excluding carboxylic acids is 1. The van der Waals surface area contributed by atoms with Crippen molar-refractivity contribution < 1.29 is 14.2 Å². The number of piperazine rings is 1. The molecule has 3 aromatic heterocycles. The molecule has 163 valence electrons. The third-order valence-electron chi connectivity index (χ3n) is 5.05. The summed E-state index contributed by atoms with van der Waals surface area (Å²) in [6, 6.07) is 6.99. The summed E-state index contributed by atoms with van der Waals surface area (Å²) in [5, 5.41) is 2.94. The molecule has 1 radical (unpaired) electrons. The van der Waals surface area contributed by atoms with Crippen LogP contribution in [0.2, 0.25) is 0 Å². The van der Waals surface area contributed by atoms with Gasteiger partial charge in [-0.25, -0.2) is 15.0 Å². The van der Waals surface area contributed by atoms with E-state index in [1.165, 1.54) is 0 Å². The van der Waals surface area contributed by atoms with E-state index in [4.69, 9.17) is 9.39 Å². The molecule has 1 amide bonds. The molecule has 4 heterocycles. The summed E-state index contributed by atoms with van der Waals surface area (Å²) in [6.45, 7) is 3.26. The standard InChI is InChI=1S/C21H23BN7O3/c1-31-19-4-3-15(13-25-19)20-24-8-5-16(26-20)21(30)27-17-14-23-7-6-18(17)28-9-11-29(12-10-28)22-32-2/h3-8,13-14H,9-12H2,1-2H3,(H,27,30). The average Bonchev–Trinajstić information content (AvgIpc) is 2.85. The predicted molar refractivity (Wildman–Crippen MR) is 121 cm³/mol. The van der Waals surface area contributed by atoms with E-state index in [2.05, 4.69) is 35.0 Å². The Kier molecular flexibility index (Phi) is 6.88. The van der Waals surface area contributed by atoms with Crippen LogP contribution in [0.25, 0.3) is 11.4 Å². The number of amides is 1. The van der Waals surface area contributed by atoms with Crippen LogP contribution in [-0.4, -0.2) is 78.7 Å². The molecule has 1 N–H and O–H groups in total. The molecule has 32 heavy (non-hydrogen) atoms. The Morgan fingerprint density at radius 3 is 2.59 bits per heavy atom. The quantitative estimate of drug-likeness (QED) is 0.556. The molecular weight excluding hydrogens is 409 g/mol. The number of hydrogen-bond acceptors (Lipinski definition) is 9. The fourth-order valence-corrected chi connectivity index (χ4v) is 3.42. The Balaban J connectivity index is 1.49. The van der Waals surface area contributed by atoms with E-state index in [0.29, 0.717) is 23.0 Å². The topological polar surface area (TPSA) is 106 Å². The first-order valence-electron chi connectivity index (χ1n) is 10.1. The first-order valence-corrected chi connectivity index (χ1v) is 10.1. The molecule has 0 saturated carbocycles. The van der Waals surface area contributed by atoms with Crippen LogP contribution >= 0.6 is 0 Å². The normalized spacial score (nSPS) is 14.1. The van der Waals surface area contributed by atoms with Gasteiger partial charge in [0.1, 0.15) is 5.69 Å². The molecule has 1 aliphatic heterocycles. The Hall–Kier alpha value is -3.57. The van der Waals surface area contributed by atoms with Gasteiger partial charge in [-0.3, -0.25) is 9.78 Å². The van der Waals surface area contributed by atoms with E-state index in [-0.39, 0.29) is 11.6 Å². The van der Waals surface area contributed by atoms with Crippen molar-refractivity contribution in [2.75, 3.05) is 50.6 Å². The third kappa shape index (κ3) is 5.01. The van der Waals surface area contributed by atoms with Crippen molar-refractivity contribution in [3.8, 4) is 17.3 Å². The van der Waals surface area contributed by atoms with Crippen LogP contribution in [0.15, 0.2) is 49.1 Å². The number of pyridine rings is 2. The number of aromatic nitrogens is 4. The molecule has 0 aliphatic carbocycles. The zero-order valence-electron chi connectivity index (χ0n) is 17.9. The highest BCUT2D eigenvalue weighted by Crippen LogP contribution is 2.26. The molecule has 0 bridgehead atoms. The maximum atomic E-state index is 13.0. The van der Waals surface area contributed by atoms with E-state index < -0.39 is 0 Å². The lowest BCUT2D eigenvalue weighted by molar-refractivity contribution is 0.102. The van der Waals surface area contributed by atoms with Gasteiger partial charge in [0, 0.05) is 63.5 Å². The minimum Gasteiger partial charge on any atom is -0.481 e. The number of nitrogens with one attached hydrogen (secondary N) is 1. The second-order valence-corrected chi connectivity index (χ2v) is 7.07. The zero-order chi connectivity index (χ0) is 22.3. The molecule has 0 atom stereocenters. The van der Waals surface area contributed by atoms with Crippen molar-refractivity contribution in [2.45, 2.75) is 0 Å². The smallest absolute Gasteiger partial charge is 0.398 e. The van der Waals surface area contributed by atoms with Gasteiger partial charge in [-0.05, 0) is 18.2 Å². The fourth-order valence-electron chi connectivity index (χ4n) is 3.42. The van der Waals surface area contributed by atoms with Crippen LogP contribution in [0.1, 0.15) is 10.5 Å². The third-order valence-corrected chi connectivity index (χ3v) is 5.05. The zero-order valence-corrected chi connectivity index (χ0v) is 17.9. The number of ether oxygens (including phenoxy) is 1. The van der Waals surface area contributed by atoms with Crippen LogP contribution in [0.3, 0.4) is 0 Å². The van der Waals surface area contributed by atoms with Gasteiger partial charge in [-0.15, -0.1) is 0 Å². The first kappa shape index (κ1) is 21.7. The van der Waals surface area contributed by atoms with E-state index in [1.807, 2.05) is 6.07 Å². The van der Waals surface area contributed by atoms with Crippen LogP contribution in [0.4, 0.5) is 11.4 Å². The largest absolute Gasteiger partial charge is 0.481 e. The highest BCUT2D eigenvalue weighted by Gasteiger charge is 2.21. The van der Waals surface area contributed by atoms with Gasteiger partial charge in [0.05, 0.1) is 24.7 Å². The number of methoxy groups -OCH3 is 1. The molecule has 3 aromatic rings. The summed E-state index contributed by atoms with van der Waals surface area (Å²) < 4.78 is 10.2. The fraction of sp³-hybridized carbons (Fsp3) is 0.286. The monoisotopic (exact) mass is 432 g/mol. The van der Waals surface area contributed by atoms with Crippen molar-refractivity contribution in [1.29, 1.82) is 0 Å². The van der Waals surface area contributed by atoms with Gasteiger partial charge in [-0.1, -0.05) is 0 Å². The van der Waals surface area contributed by atoms with Crippen molar-refractivity contribution in [1.82, 2.24) is 24.7 Å². The summed E-state index contributed by atoms with van der Waals surface area (Å²) in [7, 11) is 4.93. The minimum absolute atomic E-state index is 0.250. The van der Waals surface area contributed by atoms with Crippen LogP contribution < -0.4 is 15.0 Å². The summed E-state index contributed by atoms with van der Waals surface area (Å²) in [5.41, 5.74) is 2.49. The number of anilines is 2. The van der Waals surface area contributed by atoms with Crippen molar-refractivity contribution in [2.24, 2.45) is 0 Å². The van der Waals surface area contributed by atoms with E-state index in [9.17, 15) is 4.79 Å². The number of rotatable bonds is 7. The van der Waals surface area contributed by atoms with Gasteiger partial charge >= 0.3 is 7.62 Å². The maximum Gasteiger partial charge on any atom is 0.398 e.